The molecule has 1 aromatic carbocycles. The summed E-state index contributed by atoms with van der Waals surface area (Å²) in [5.41, 5.74) is 0.703. The van der Waals surface area contributed by atoms with Crippen molar-refractivity contribution < 1.29 is 14.5 Å². The molecule has 0 saturated carbocycles. The minimum absolute atomic E-state index is 0.153. The lowest BCUT2D eigenvalue weighted by molar-refractivity contribution is -0.385. The van der Waals surface area contributed by atoms with Crippen LogP contribution in [0.5, 0.6) is 5.88 Å². The van der Waals surface area contributed by atoms with E-state index >= 15 is 0 Å². The molecule has 1 N–H and O–H groups in total. The van der Waals surface area contributed by atoms with E-state index in [0.717, 1.165) is 16.4 Å². The van der Waals surface area contributed by atoms with Crippen LogP contribution in [0.1, 0.15) is 5.56 Å². The van der Waals surface area contributed by atoms with Gasteiger partial charge < -0.3 is 10.1 Å². The molecular weight excluding hydrogens is 376 g/mol. The Bertz CT molecular complexity index is 966. The number of ether oxygens (including phenoxy) is 1. The molecule has 0 saturated heterocycles. The smallest absolute Gasteiger partial charge is 0.350 e. The molecule has 3 aromatic rings. The van der Waals surface area contributed by atoms with Gasteiger partial charge in [-0.15, -0.1) is 5.10 Å². The molecule has 2 aromatic heterocycles. The molecule has 0 fully saturated rings. The van der Waals surface area contributed by atoms with E-state index < -0.39 is 10.8 Å². The van der Waals surface area contributed by atoms with Gasteiger partial charge in [0.15, 0.2) is 5.82 Å². The molecule has 0 radical (unpaired) electrons. The zero-order valence-electron chi connectivity index (χ0n) is 14.2. The molecule has 0 bridgehead atoms. The van der Waals surface area contributed by atoms with E-state index in [4.69, 9.17) is 16.3 Å². The van der Waals surface area contributed by atoms with Crippen molar-refractivity contribution in [3.05, 3.63) is 63.4 Å². The monoisotopic (exact) mass is 390 g/mol. The van der Waals surface area contributed by atoms with Gasteiger partial charge in [0.25, 0.3) is 0 Å². The van der Waals surface area contributed by atoms with E-state index in [1.165, 1.54) is 7.11 Å². The van der Waals surface area contributed by atoms with Crippen LogP contribution in [0, 0.1) is 10.1 Å². The molecule has 11 heteroatoms. The molecule has 0 aliphatic heterocycles. The summed E-state index contributed by atoms with van der Waals surface area (Å²) in [5, 5.41) is 22.3. The van der Waals surface area contributed by atoms with Crippen molar-refractivity contribution >= 4 is 29.0 Å². The van der Waals surface area contributed by atoms with Crippen LogP contribution in [0.15, 0.2) is 42.7 Å². The number of rotatable bonds is 7. The number of aromatic nitrogens is 4. The number of nitro groups is 1. The highest BCUT2D eigenvalue weighted by molar-refractivity contribution is 6.30. The second-order valence-electron chi connectivity index (χ2n) is 5.55. The molecule has 0 unspecified atom stereocenters. The maximum Gasteiger partial charge on any atom is 0.350 e. The lowest BCUT2D eigenvalue weighted by Gasteiger charge is -2.03. The second kappa shape index (κ2) is 7.87. The van der Waals surface area contributed by atoms with Crippen molar-refractivity contribution in [2.45, 2.75) is 13.1 Å². The fourth-order valence-electron chi connectivity index (χ4n) is 2.37. The van der Waals surface area contributed by atoms with Crippen LogP contribution >= 0.6 is 11.6 Å². The van der Waals surface area contributed by atoms with Gasteiger partial charge in [-0.1, -0.05) is 23.7 Å². The Morgan fingerprint density at radius 1 is 1.26 bits per heavy atom. The fraction of sp³-hybridized carbons (Fsp3) is 0.188. The fourth-order valence-corrected chi connectivity index (χ4v) is 2.49. The van der Waals surface area contributed by atoms with Gasteiger partial charge in [0.05, 0.1) is 18.6 Å². The van der Waals surface area contributed by atoms with Crippen molar-refractivity contribution in [1.82, 2.24) is 19.6 Å². The largest absolute Gasteiger partial charge is 0.475 e. The molecule has 27 heavy (non-hydrogen) atoms. The van der Waals surface area contributed by atoms with E-state index in [1.54, 1.807) is 29.1 Å². The summed E-state index contributed by atoms with van der Waals surface area (Å²) < 4.78 is 7.63. The second-order valence-corrected chi connectivity index (χ2v) is 5.99. The standard InChI is InChI=1S/C16H15ClN6O4/c1-27-16-13(23(25)26)9-22(20-16)10-15(24)18-14-6-7-21(19-14)8-11-2-4-12(17)5-3-11/h2-7,9H,8,10H2,1H3,(H,18,19,24). The number of nitrogens with one attached hydrogen (secondary N) is 1. The lowest BCUT2D eigenvalue weighted by atomic mass is 10.2. The van der Waals surface area contributed by atoms with Crippen molar-refractivity contribution in [2.24, 2.45) is 0 Å². The molecule has 0 aliphatic rings. The number of amides is 1. The number of nitrogens with zero attached hydrogens (tertiary/aromatic N) is 5. The van der Waals surface area contributed by atoms with E-state index in [2.05, 4.69) is 15.5 Å². The van der Waals surface area contributed by atoms with Crippen LogP contribution in [-0.2, 0) is 17.9 Å². The number of carbonyl (C=O) groups excluding carboxylic acids is 1. The number of carbonyl (C=O) groups is 1. The zero-order chi connectivity index (χ0) is 19.4. The van der Waals surface area contributed by atoms with Crippen LogP contribution in [0.2, 0.25) is 5.02 Å². The summed E-state index contributed by atoms with van der Waals surface area (Å²) >= 11 is 5.86. The van der Waals surface area contributed by atoms with Gasteiger partial charge in [0, 0.05) is 17.3 Å². The van der Waals surface area contributed by atoms with Crippen LogP contribution in [0.3, 0.4) is 0 Å². The lowest BCUT2D eigenvalue weighted by Crippen LogP contribution is -2.19. The minimum atomic E-state index is -0.626. The Labute approximate surface area is 158 Å². The number of benzene rings is 1. The number of halogens is 1. The molecule has 2 heterocycles. The number of methoxy groups -OCH3 is 1. The Balaban J connectivity index is 1.61. The van der Waals surface area contributed by atoms with E-state index in [-0.39, 0.29) is 18.1 Å². The van der Waals surface area contributed by atoms with Crippen LogP contribution in [0.25, 0.3) is 0 Å². The summed E-state index contributed by atoms with van der Waals surface area (Å²) in [5.74, 6) is -0.213. The summed E-state index contributed by atoms with van der Waals surface area (Å²) in [6.07, 6.45) is 2.86. The first kappa shape index (κ1) is 18.4. The Morgan fingerprint density at radius 2 is 2.00 bits per heavy atom. The predicted molar refractivity (Wildman–Crippen MR) is 96.8 cm³/mol. The molecule has 10 nitrogen and oxygen atoms in total. The maximum atomic E-state index is 12.1. The summed E-state index contributed by atoms with van der Waals surface area (Å²) in [4.78, 5) is 22.4. The number of hydrogen-bond acceptors (Lipinski definition) is 6. The molecular formula is C16H15ClN6O4. The van der Waals surface area contributed by atoms with Gasteiger partial charge in [-0.25, -0.2) is 0 Å². The van der Waals surface area contributed by atoms with Gasteiger partial charge >= 0.3 is 11.6 Å². The van der Waals surface area contributed by atoms with Gasteiger partial charge in [-0.05, 0) is 17.7 Å². The third kappa shape index (κ3) is 4.61. The first-order valence-electron chi connectivity index (χ1n) is 7.78. The highest BCUT2D eigenvalue weighted by Crippen LogP contribution is 2.23. The first-order valence-corrected chi connectivity index (χ1v) is 8.16. The van der Waals surface area contributed by atoms with E-state index in [9.17, 15) is 14.9 Å². The quantitative estimate of drug-likeness (QED) is 0.488. The molecule has 140 valence electrons. The first-order chi connectivity index (χ1) is 12.9. The van der Waals surface area contributed by atoms with Crippen LogP contribution in [-0.4, -0.2) is 37.5 Å². The maximum absolute atomic E-state index is 12.1. The SMILES string of the molecule is COc1nn(CC(=O)Nc2ccn(Cc3ccc(Cl)cc3)n2)cc1[N+](=O)[O-]. The Morgan fingerprint density at radius 3 is 2.63 bits per heavy atom. The van der Waals surface area contributed by atoms with E-state index in [0.29, 0.717) is 17.4 Å². The molecule has 0 spiro atoms. The van der Waals surface area contributed by atoms with Gasteiger partial charge in [-0.3, -0.25) is 24.3 Å². The third-order valence-corrected chi connectivity index (χ3v) is 3.82. The van der Waals surface area contributed by atoms with Crippen LogP contribution in [0.4, 0.5) is 11.5 Å². The van der Waals surface area contributed by atoms with Gasteiger partial charge in [-0.2, -0.15) is 5.10 Å². The number of anilines is 1. The Kier molecular flexibility index (Phi) is 5.36. The summed E-state index contributed by atoms with van der Waals surface area (Å²) in [7, 11) is 1.27. The van der Waals surface area contributed by atoms with E-state index in [1.807, 2.05) is 12.1 Å². The predicted octanol–water partition coefficient (Wildman–Crippen LogP) is 2.34. The average molecular weight is 391 g/mol. The molecule has 0 atom stereocenters. The third-order valence-electron chi connectivity index (χ3n) is 3.57. The highest BCUT2D eigenvalue weighted by atomic mass is 35.5. The van der Waals surface area contributed by atoms with Gasteiger partial charge in [0.1, 0.15) is 12.7 Å². The van der Waals surface area contributed by atoms with Crippen molar-refractivity contribution in [3.63, 3.8) is 0 Å². The van der Waals surface area contributed by atoms with Crippen molar-refractivity contribution in [2.75, 3.05) is 12.4 Å². The molecule has 3 rings (SSSR count). The van der Waals surface area contributed by atoms with Crippen LogP contribution < -0.4 is 10.1 Å². The normalized spacial score (nSPS) is 10.6. The summed E-state index contributed by atoms with van der Waals surface area (Å²) in [6, 6.07) is 9.02. The Hall–Kier alpha value is -3.40. The zero-order valence-corrected chi connectivity index (χ0v) is 15.0. The van der Waals surface area contributed by atoms with Crippen molar-refractivity contribution in [1.29, 1.82) is 0 Å². The topological polar surface area (TPSA) is 117 Å². The van der Waals surface area contributed by atoms with Crippen molar-refractivity contribution in [3.8, 4) is 5.88 Å². The molecule has 0 aliphatic carbocycles. The average Bonchev–Trinajstić information content (AvgIpc) is 3.23. The highest BCUT2D eigenvalue weighted by Gasteiger charge is 2.21. The molecule has 1 amide bonds. The summed E-state index contributed by atoms with van der Waals surface area (Å²) in [6.45, 7) is 0.309. The van der Waals surface area contributed by atoms with Gasteiger partial charge in [0.2, 0.25) is 5.91 Å². The number of hydrogen-bond donors (Lipinski definition) is 1. The minimum Gasteiger partial charge on any atom is -0.475 e.